The normalized spacial score (nSPS) is 29.3. The third kappa shape index (κ3) is 2.11. The summed E-state index contributed by atoms with van der Waals surface area (Å²) in [5.74, 6) is 0.967. The van der Waals surface area contributed by atoms with E-state index in [9.17, 15) is 0 Å². The van der Waals surface area contributed by atoms with Crippen LogP contribution in [0.3, 0.4) is 0 Å². The van der Waals surface area contributed by atoms with Crippen LogP contribution in [0.15, 0.2) is 28.7 Å². The van der Waals surface area contributed by atoms with E-state index >= 15 is 0 Å². The number of hydrogen-bond donors (Lipinski definition) is 1. The number of nitrogens with one attached hydrogen (secondary N) is 1. The predicted molar refractivity (Wildman–Crippen MR) is 67.2 cm³/mol. The lowest BCUT2D eigenvalue weighted by Gasteiger charge is -2.29. The third-order valence-corrected chi connectivity index (χ3v) is 4.01. The molecule has 3 rings (SSSR count). The lowest BCUT2D eigenvalue weighted by atomic mass is 10.0. The Morgan fingerprint density at radius 3 is 3.00 bits per heavy atom. The summed E-state index contributed by atoms with van der Waals surface area (Å²) in [5, 5.41) is 3.55. The Kier molecular flexibility index (Phi) is 2.90. The predicted octanol–water partition coefficient (Wildman–Crippen LogP) is 3.27. The van der Waals surface area contributed by atoms with Crippen molar-refractivity contribution < 1.29 is 4.74 Å². The van der Waals surface area contributed by atoms with Crippen LogP contribution in [0.1, 0.15) is 25.7 Å². The van der Waals surface area contributed by atoms with Gasteiger partial charge >= 0.3 is 0 Å². The maximum Gasteiger partial charge on any atom is 0.133 e. The van der Waals surface area contributed by atoms with E-state index in [2.05, 4.69) is 21.2 Å². The van der Waals surface area contributed by atoms with Gasteiger partial charge in [0.25, 0.3) is 0 Å². The molecule has 85 valence electrons. The number of fused-ring (bicyclic) bond motifs is 2. The molecule has 3 heteroatoms. The molecule has 2 heterocycles. The van der Waals surface area contributed by atoms with E-state index in [0.717, 1.165) is 23.1 Å². The van der Waals surface area contributed by atoms with Crippen LogP contribution in [0, 0.1) is 6.04 Å². The molecule has 2 bridgehead atoms. The lowest BCUT2D eigenvalue weighted by Crippen LogP contribution is -2.38. The number of rotatable bonds is 2. The number of piperidine rings is 1. The molecule has 2 atom stereocenters. The Labute approximate surface area is 105 Å². The molecule has 0 spiro atoms. The van der Waals surface area contributed by atoms with Gasteiger partial charge in [-0.3, -0.25) is 0 Å². The van der Waals surface area contributed by atoms with Crippen molar-refractivity contribution in [3.05, 3.63) is 34.8 Å². The van der Waals surface area contributed by atoms with Crippen molar-refractivity contribution in [3.8, 4) is 5.75 Å². The van der Waals surface area contributed by atoms with Crippen LogP contribution in [-0.4, -0.2) is 12.1 Å². The van der Waals surface area contributed by atoms with Crippen LogP contribution in [0.4, 0.5) is 0 Å². The van der Waals surface area contributed by atoms with E-state index in [1.54, 1.807) is 0 Å². The molecule has 2 saturated heterocycles. The molecule has 1 aromatic rings. The Morgan fingerprint density at radius 2 is 2.19 bits per heavy atom. The molecule has 2 unspecified atom stereocenters. The van der Waals surface area contributed by atoms with Gasteiger partial charge in [0.15, 0.2) is 0 Å². The first-order valence-corrected chi connectivity index (χ1v) is 6.63. The molecule has 2 nitrogen and oxygen atoms in total. The first-order chi connectivity index (χ1) is 7.81. The maximum atomic E-state index is 6.06. The maximum absolute atomic E-state index is 6.06. The van der Waals surface area contributed by atoms with Crippen molar-refractivity contribution in [1.82, 2.24) is 5.32 Å². The van der Waals surface area contributed by atoms with Crippen molar-refractivity contribution >= 4 is 15.9 Å². The number of hydrogen-bond acceptors (Lipinski definition) is 2. The highest BCUT2D eigenvalue weighted by atomic mass is 79.9. The van der Waals surface area contributed by atoms with Gasteiger partial charge in [-0.25, -0.2) is 0 Å². The molecule has 0 aliphatic carbocycles. The van der Waals surface area contributed by atoms with Gasteiger partial charge in [0.05, 0.1) is 4.47 Å². The molecule has 16 heavy (non-hydrogen) atoms. The second-order valence-corrected chi connectivity index (χ2v) is 5.45. The van der Waals surface area contributed by atoms with Gasteiger partial charge in [-0.15, -0.1) is 0 Å². The fourth-order valence-electron chi connectivity index (χ4n) is 2.60. The van der Waals surface area contributed by atoms with Crippen LogP contribution in [0.2, 0.25) is 0 Å². The SMILES string of the molecule is Brc1ccccc1OC1C[C]2CCC(C1)N2. The van der Waals surface area contributed by atoms with Crippen LogP contribution < -0.4 is 10.1 Å². The molecule has 1 aromatic carbocycles. The second kappa shape index (κ2) is 4.38. The molecule has 0 amide bonds. The summed E-state index contributed by atoms with van der Waals surface area (Å²) in [6.45, 7) is 0. The smallest absolute Gasteiger partial charge is 0.133 e. The van der Waals surface area contributed by atoms with Crippen LogP contribution >= 0.6 is 15.9 Å². The molecule has 1 N–H and O–H groups in total. The molecule has 1 radical (unpaired) electrons. The van der Waals surface area contributed by atoms with Gasteiger partial charge in [-0.2, -0.15) is 0 Å². The molecule has 2 aliphatic rings. The summed E-state index contributed by atoms with van der Waals surface area (Å²) in [4.78, 5) is 0. The van der Waals surface area contributed by atoms with E-state index in [1.807, 2.05) is 24.3 Å². The first kappa shape index (κ1) is 10.6. The highest BCUT2D eigenvalue weighted by Gasteiger charge is 2.35. The number of benzene rings is 1. The molecule has 2 aliphatic heterocycles. The fourth-order valence-corrected chi connectivity index (χ4v) is 2.98. The molecule has 0 aromatic heterocycles. The molecule has 2 fully saturated rings. The largest absolute Gasteiger partial charge is 0.489 e. The third-order valence-electron chi connectivity index (χ3n) is 3.35. The van der Waals surface area contributed by atoms with Crippen LogP contribution in [0.5, 0.6) is 5.75 Å². The fraction of sp³-hybridized carbons (Fsp3) is 0.462. The first-order valence-electron chi connectivity index (χ1n) is 5.83. The van der Waals surface area contributed by atoms with Crippen LogP contribution in [-0.2, 0) is 0 Å². The Hall–Kier alpha value is -0.540. The number of para-hydroxylation sites is 1. The average molecular weight is 281 g/mol. The zero-order chi connectivity index (χ0) is 11.0. The standard InChI is InChI=1S/C13H15BrNO/c14-12-3-1-2-4-13(12)16-11-7-9-5-6-10(8-11)15-9/h1-4,9,11,15H,5-8H2. The van der Waals surface area contributed by atoms with E-state index in [1.165, 1.54) is 18.9 Å². The van der Waals surface area contributed by atoms with Crippen molar-refractivity contribution in [2.75, 3.05) is 0 Å². The summed E-state index contributed by atoms with van der Waals surface area (Å²) >= 11 is 3.52. The summed E-state index contributed by atoms with van der Waals surface area (Å²) < 4.78 is 7.11. The van der Waals surface area contributed by atoms with E-state index < -0.39 is 0 Å². The average Bonchev–Trinajstić information content (AvgIpc) is 2.62. The summed E-state index contributed by atoms with van der Waals surface area (Å²) in [7, 11) is 0. The Morgan fingerprint density at radius 1 is 1.31 bits per heavy atom. The zero-order valence-electron chi connectivity index (χ0n) is 9.08. The summed E-state index contributed by atoms with van der Waals surface area (Å²) in [5.41, 5.74) is 0. The van der Waals surface area contributed by atoms with Gasteiger partial charge in [-0.05, 0) is 47.3 Å². The lowest BCUT2D eigenvalue weighted by molar-refractivity contribution is 0.154. The van der Waals surface area contributed by atoms with Gasteiger partial charge in [0, 0.05) is 18.5 Å². The monoisotopic (exact) mass is 280 g/mol. The van der Waals surface area contributed by atoms with Gasteiger partial charge in [0.1, 0.15) is 11.9 Å². The van der Waals surface area contributed by atoms with E-state index in [4.69, 9.17) is 4.74 Å². The highest BCUT2D eigenvalue weighted by molar-refractivity contribution is 9.10. The quantitative estimate of drug-likeness (QED) is 0.898. The van der Waals surface area contributed by atoms with Gasteiger partial charge in [0.2, 0.25) is 0 Å². The highest BCUT2D eigenvalue weighted by Crippen LogP contribution is 2.35. The molecular formula is C13H15BrNO. The van der Waals surface area contributed by atoms with Crippen molar-refractivity contribution in [2.24, 2.45) is 0 Å². The van der Waals surface area contributed by atoms with Crippen molar-refractivity contribution in [2.45, 2.75) is 37.8 Å². The minimum atomic E-state index is 0.349. The minimum Gasteiger partial charge on any atom is -0.489 e. The van der Waals surface area contributed by atoms with Gasteiger partial charge < -0.3 is 10.1 Å². The van der Waals surface area contributed by atoms with E-state index in [0.29, 0.717) is 12.1 Å². The van der Waals surface area contributed by atoms with E-state index in [-0.39, 0.29) is 0 Å². The van der Waals surface area contributed by atoms with Crippen molar-refractivity contribution in [1.29, 1.82) is 0 Å². The Bertz CT molecular complexity index is 370. The summed E-state index contributed by atoms with van der Waals surface area (Å²) in [6.07, 6.45) is 5.07. The zero-order valence-corrected chi connectivity index (χ0v) is 10.7. The Balaban J connectivity index is 1.69. The topological polar surface area (TPSA) is 21.3 Å². The molecule has 0 saturated carbocycles. The minimum absolute atomic E-state index is 0.349. The molecular weight excluding hydrogens is 266 g/mol. The summed E-state index contributed by atoms with van der Waals surface area (Å²) in [6, 6.07) is 10.2. The van der Waals surface area contributed by atoms with Crippen LogP contribution in [0.25, 0.3) is 0 Å². The van der Waals surface area contributed by atoms with Gasteiger partial charge in [-0.1, -0.05) is 12.1 Å². The van der Waals surface area contributed by atoms with Crippen molar-refractivity contribution in [3.63, 3.8) is 0 Å². The number of halogens is 1. The second-order valence-electron chi connectivity index (χ2n) is 4.59. The number of ether oxygens (including phenoxy) is 1.